The lowest BCUT2D eigenvalue weighted by atomic mass is 10.1. The monoisotopic (exact) mass is 280 g/mol. The van der Waals surface area contributed by atoms with Gasteiger partial charge in [0.25, 0.3) is 0 Å². The highest BCUT2D eigenvalue weighted by Gasteiger charge is 2.20. The molecule has 2 heterocycles. The van der Waals surface area contributed by atoms with E-state index in [0.717, 1.165) is 63.5 Å². The first-order valence-electron chi connectivity index (χ1n) is 7.77. The maximum absolute atomic E-state index is 5.98. The highest BCUT2D eigenvalue weighted by molar-refractivity contribution is 5.20. The maximum atomic E-state index is 5.98. The molecule has 1 aliphatic heterocycles. The number of likely N-dealkylation sites (tertiary alicyclic amines) is 1. The number of piperidine rings is 1. The summed E-state index contributed by atoms with van der Waals surface area (Å²) in [5.74, 6) is 2.17. The molecular formula is C16H28N2O2. The number of nitrogens with zero attached hydrogens (tertiary/aromatic N) is 1. The van der Waals surface area contributed by atoms with E-state index in [0.29, 0.717) is 6.10 Å². The molecule has 0 bridgehead atoms. The Morgan fingerprint density at radius 3 is 2.80 bits per heavy atom. The van der Waals surface area contributed by atoms with Crippen molar-refractivity contribution in [3.05, 3.63) is 23.2 Å². The van der Waals surface area contributed by atoms with Gasteiger partial charge in [-0.3, -0.25) is 4.90 Å². The van der Waals surface area contributed by atoms with E-state index in [2.05, 4.69) is 30.1 Å². The third-order valence-electron chi connectivity index (χ3n) is 4.03. The zero-order chi connectivity index (χ0) is 14.4. The van der Waals surface area contributed by atoms with Crippen molar-refractivity contribution in [2.75, 3.05) is 26.7 Å². The average Bonchev–Trinajstić information content (AvgIpc) is 2.80. The summed E-state index contributed by atoms with van der Waals surface area (Å²) in [7, 11) is 1.81. The molecule has 1 aliphatic rings. The van der Waals surface area contributed by atoms with Gasteiger partial charge in [-0.25, -0.2) is 0 Å². The zero-order valence-electron chi connectivity index (χ0n) is 13.1. The lowest BCUT2D eigenvalue weighted by Crippen LogP contribution is -2.36. The van der Waals surface area contributed by atoms with E-state index < -0.39 is 0 Å². The number of nitrogens with one attached hydrogen (secondary N) is 1. The molecule has 20 heavy (non-hydrogen) atoms. The van der Waals surface area contributed by atoms with Crippen LogP contribution >= 0.6 is 0 Å². The second-order valence-electron chi connectivity index (χ2n) is 5.71. The molecule has 0 atom stereocenters. The Hall–Kier alpha value is -0.840. The summed E-state index contributed by atoms with van der Waals surface area (Å²) in [6, 6.07) is 2.19. The molecule has 1 N–H and O–H groups in total. The lowest BCUT2D eigenvalue weighted by Gasteiger charge is -2.30. The Labute approximate surface area is 122 Å². The molecule has 0 aromatic carbocycles. The number of hydrogen-bond acceptors (Lipinski definition) is 4. The summed E-state index contributed by atoms with van der Waals surface area (Å²) in [5, 5.41) is 3.40. The molecule has 1 saturated heterocycles. The summed E-state index contributed by atoms with van der Waals surface area (Å²) in [6.45, 7) is 9.31. The molecule has 4 nitrogen and oxygen atoms in total. The molecular weight excluding hydrogens is 252 g/mol. The number of hydrogen-bond donors (Lipinski definition) is 1. The second-order valence-corrected chi connectivity index (χ2v) is 5.71. The third kappa shape index (κ3) is 4.33. The van der Waals surface area contributed by atoms with Crippen molar-refractivity contribution in [2.24, 2.45) is 0 Å². The van der Waals surface area contributed by atoms with Gasteiger partial charge >= 0.3 is 0 Å². The van der Waals surface area contributed by atoms with Crippen LogP contribution in [-0.2, 0) is 17.8 Å². The van der Waals surface area contributed by atoms with E-state index in [9.17, 15) is 0 Å². The Kier molecular flexibility index (Phi) is 6.07. The standard InChI is InChI=1S/C16H28N2O2/c1-4-7-17-11-16-13(2)10-15(20-16)12-18-8-5-14(19-3)6-9-18/h10,14,17H,4-9,11-12H2,1-3H3. The molecule has 0 unspecified atom stereocenters. The van der Waals surface area contributed by atoms with Gasteiger partial charge in [0, 0.05) is 20.2 Å². The van der Waals surface area contributed by atoms with E-state index in [1.807, 2.05) is 7.11 Å². The minimum atomic E-state index is 0.443. The highest BCUT2D eigenvalue weighted by atomic mass is 16.5. The van der Waals surface area contributed by atoms with Crippen LogP contribution in [0.2, 0.25) is 0 Å². The van der Waals surface area contributed by atoms with Crippen LogP contribution in [-0.4, -0.2) is 37.7 Å². The Bertz CT molecular complexity index is 395. The molecule has 0 saturated carbocycles. The van der Waals surface area contributed by atoms with Crippen molar-refractivity contribution in [2.45, 2.75) is 52.3 Å². The Balaban J connectivity index is 1.82. The van der Waals surface area contributed by atoms with Crippen molar-refractivity contribution in [3.63, 3.8) is 0 Å². The SMILES string of the molecule is CCCNCc1oc(CN2CCC(OC)CC2)cc1C. The molecule has 1 aromatic heterocycles. The minimum absolute atomic E-state index is 0.443. The predicted octanol–water partition coefficient (Wildman–Crippen LogP) is 2.70. The van der Waals surface area contributed by atoms with E-state index in [-0.39, 0.29) is 0 Å². The van der Waals surface area contributed by atoms with Crippen molar-refractivity contribution in [3.8, 4) is 0 Å². The normalized spacial score (nSPS) is 17.8. The van der Waals surface area contributed by atoms with Gasteiger partial charge in [0.05, 0.1) is 19.2 Å². The summed E-state index contributed by atoms with van der Waals surface area (Å²) in [6.07, 6.45) is 3.85. The zero-order valence-corrected chi connectivity index (χ0v) is 13.1. The van der Waals surface area contributed by atoms with Gasteiger partial charge in [0.1, 0.15) is 11.5 Å². The van der Waals surface area contributed by atoms with Crippen molar-refractivity contribution in [1.82, 2.24) is 10.2 Å². The quantitative estimate of drug-likeness (QED) is 0.779. The first-order chi connectivity index (χ1) is 9.72. The fourth-order valence-corrected chi connectivity index (χ4v) is 2.75. The number of rotatable bonds is 7. The molecule has 4 heteroatoms. The number of methoxy groups -OCH3 is 1. The van der Waals surface area contributed by atoms with Gasteiger partial charge in [0.2, 0.25) is 0 Å². The lowest BCUT2D eigenvalue weighted by molar-refractivity contribution is 0.0369. The van der Waals surface area contributed by atoms with Crippen molar-refractivity contribution >= 4 is 0 Å². The number of furan rings is 1. The van der Waals surface area contributed by atoms with E-state index in [4.69, 9.17) is 9.15 Å². The van der Waals surface area contributed by atoms with Crippen LogP contribution in [0.1, 0.15) is 43.3 Å². The molecule has 1 aromatic rings. The van der Waals surface area contributed by atoms with Gasteiger partial charge in [-0.05, 0) is 44.4 Å². The summed E-state index contributed by atoms with van der Waals surface area (Å²) in [4.78, 5) is 2.46. The van der Waals surface area contributed by atoms with E-state index in [1.54, 1.807) is 0 Å². The van der Waals surface area contributed by atoms with Crippen LogP contribution in [0, 0.1) is 6.92 Å². The fourth-order valence-electron chi connectivity index (χ4n) is 2.75. The van der Waals surface area contributed by atoms with Crippen molar-refractivity contribution < 1.29 is 9.15 Å². The molecule has 0 aliphatic carbocycles. The molecule has 2 rings (SSSR count). The second kappa shape index (κ2) is 7.81. The van der Waals surface area contributed by atoms with Crippen LogP contribution in [0.4, 0.5) is 0 Å². The summed E-state index contributed by atoms with van der Waals surface area (Å²) >= 11 is 0. The van der Waals surface area contributed by atoms with Crippen molar-refractivity contribution in [1.29, 1.82) is 0 Å². The van der Waals surface area contributed by atoms with Crippen LogP contribution in [0.5, 0.6) is 0 Å². The Morgan fingerprint density at radius 2 is 2.15 bits per heavy atom. The fraction of sp³-hybridized carbons (Fsp3) is 0.750. The van der Waals surface area contributed by atoms with Crippen LogP contribution in [0.3, 0.4) is 0 Å². The van der Waals surface area contributed by atoms with Gasteiger partial charge in [-0.1, -0.05) is 6.92 Å². The molecule has 0 spiro atoms. The molecule has 0 amide bonds. The van der Waals surface area contributed by atoms with E-state index >= 15 is 0 Å². The number of ether oxygens (including phenoxy) is 1. The molecule has 1 fully saturated rings. The summed E-state index contributed by atoms with van der Waals surface area (Å²) in [5.41, 5.74) is 1.26. The maximum Gasteiger partial charge on any atom is 0.120 e. The third-order valence-corrected chi connectivity index (χ3v) is 4.03. The first kappa shape index (κ1) is 15.5. The van der Waals surface area contributed by atoms with Gasteiger partial charge in [0.15, 0.2) is 0 Å². The van der Waals surface area contributed by atoms with Gasteiger partial charge < -0.3 is 14.5 Å². The van der Waals surface area contributed by atoms with E-state index in [1.165, 1.54) is 5.56 Å². The summed E-state index contributed by atoms with van der Waals surface area (Å²) < 4.78 is 11.4. The topological polar surface area (TPSA) is 37.6 Å². The highest BCUT2D eigenvalue weighted by Crippen LogP contribution is 2.19. The van der Waals surface area contributed by atoms with Crippen LogP contribution in [0.15, 0.2) is 10.5 Å². The predicted molar refractivity (Wildman–Crippen MR) is 80.8 cm³/mol. The van der Waals surface area contributed by atoms with Gasteiger partial charge in [-0.2, -0.15) is 0 Å². The average molecular weight is 280 g/mol. The molecule has 0 radical (unpaired) electrons. The van der Waals surface area contributed by atoms with Gasteiger partial charge in [-0.15, -0.1) is 0 Å². The van der Waals surface area contributed by atoms with Crippen LogP contribution in [0.25, 0.3) is 0 Å². The molecule has 114 valence electrons. The van der Waals surface area contributed by atoms with Crippen LogP contribution < -0.4 is 5.32 Å². The minimum Gasteiger partial charge on any atom is -0.463 e. The first-order valence-corrected chi connectivity index (χ1v) is 7.77. The largest absolute Gasteiger partial charge is 0.463 e. The Morgan fingerprint density at radius 1 is 1.40 bits per heavy atom. The number of aryl methyl sites for hydroxylation is 1. The smallest absolute Gasteiger partial charge is 0.120 e.